The van der Waals surface area contributed by atoms with Gasteiger partial charge in [-0.3, -0.25) is 0 Å². The number of hydrogen-bond acceptors (Lipinski definition) is 1. The first-order valence-corrected chi connectivity index (χ1v) is 8.41. The highest BCUT2D eigenvalue weighted by Gasteiger charge is 2.39. The number of halogens is 3. The molecule has 0 amide bonds. The first-order chi connectivity index (χ1) is 9.41. The van der Waals surface area contributed by atoms with Crippen LogP contribution in [0.25, 0.3) is 0 Å². The molecule has 1 aromatic carbocycles. The molecule has 2 rings (SSSR count). The molecule has 1 aromatic rings. The van der Waals surface area contributed by atoms with Gasteiger partial charge in [-0.05, 0) is 50.8 Å². The standard InChI is InChI=1S/C16H21Cl3O/c1-15(2)8-7-14(20-15)9-16(10-17,11-18)12-3-5-13(19)6-4-12/h3-6,14H,7-11H2,1-2H3. The molecular formula is C16H21Cl3O. The molecule has 1 fully saturated rings. The van der Waals surface area contributed by atoms with Crippen LogP contribution >= 0.6 is 34.8 Å². The van der Waals surface area contributed by atoms with Crippen LogP contribution in [0.5, 0.6) is 0 Å². The van der Waals surface area contributed by atoms with Crippen LogP contribution in [0.1, 0.15) is 38.7 Å². The predicted molar refractivity (Wildman–Crippen MR) is 87.4 cm³/mol. The number of ether oxygens (including phenoxy) is 1. The Balaban J connectivity index is 2.19. The molecule has 1 unspecified atom stereocenters. The quantitative estimate of drug-likeness (QED) is 0.654. The van der Waals surface area contributed by atoms with Gasteiger partial charge in [0.2, 0.25) is 0 Å². The van der Waals surface area contributed by atoms with Crippen molar-refractivity contribution in [1.29, 1.82) is 0 Å². The minimum absolute atomic E-state index is 0.0327. The highest BCUT2D eigenvalue weighted by Crippen LogP contribution is 2.39. The number of alkyl halides is 2. The SMILES string of the molecule is CC1(C)CCC(CC(CCl)(CCl)c2ccc(Cl)cc2)O1. The Kier molecular flexibility index (Phi) is 5.29. The lowest BCUT2D eigenvalue weighted by Gasteiger charge is -2.33. The molecule has 1 nitrogen and oxygen atoms in total. The van der Waals surface area contributed by atoms with Crippen molar-refractivity contribution in [1.82, 2.24) is 0 Å². The number of hydrogen-bond donors (Lipinski definition) is 0. The summed E-state index contributed by atoms with van der Waals surface area (Å²) >= 11 is 18.5. The molecule has 0 aromatic heterocycles. The molecule has 112 valence electrons. The summed E-state index contributed by atoms with van der Waals surface area (Å²) in [5.41, 5.74) is 0.855. The Morgan fingerprint density at radius 2 is 1.80 bits per heavy atom. The fraction of sp³-hybridized carbons (Fsp3) is 0.625. The highest BCUT2D eigenvalue weighted by atomic mass is 35.5. The lowest BCUT2D eigenvalue weighted by Crippen LogP contribution is -2.35. The van der Waals surface area contributed by atoms with Gasteiger partial charge < -0.3 is 4.74 Å². The monoisotopic (exact) mass is 334 g/mol. The number of benzene rings is 1. The van der Waals surface area contributed by atoms with Crippen molar-refractivity contribution in [3.05, 3.63) is 34.9 Å². The molecule has 0 N–H and O–H groups in total. The molecule has 0 aliphatic carbocycles. The maximum Gasteiger partial charge on any atom is 0.0631 e. The lowest BCUT2D eigenvalue weighted by atomic mass is 9.79. The van der Waals surface area contributed by atoms with E-state index in [2.05, 4.69) is 13.8 Å². The molecule has 0 radical (unpaired) electrons. The maximum atomic E-state index is 6.28. The first-order valence-electron chi connectivity index (χ1n) is 6.97. The Labute approximate surface area is 136 Å². The Bertz CT molecular complexity index is 438. The van der Waals surface area contributed by atoms with Crippen LogP contribution in [0, 0.1) is 0 Å². The van der Waals surface area contributed by atoms with Gasteiger partial charge in [0.15, 0.2) is 0 Å². The van der Waals surface area contributed by atoms with Crippen molar-refractivity contribution >= 4 is 34.8 Å². The van der Waals surface area contributed by atoms with E-state index in [0.29, 0.717) is 11.8 Å². The maximum absolute atomic E-state index is 6.28. The zero-order valence-corrected chi connectivity index (χ0v) is 14.2. The third-order valence-corrected chi connectivity index (χ3v) is 5.42. The molecule has 1 atom stereocenters. The second kappa shape index (κ2) is 6.44. The molecule has 1 saturated heterocycles. The van der Waals surface area contributed by atoms with Crippen molar-refractivity contribution in [2.24, 2.45) is 0 Å². The van der Waals surface area contributed by atoms with E-state index < -0.39 is 0 Å². The molecular weight excluding hydrogens is 315 g/mol. The predicted octanol–water partition coefficient (Wildman–Crippen LogP) is 5.40. The highest BCUT2D eigenvalue weighted by molar-refractivity contribution is 6.30. The van der Waals surface area contributed by atoms with Gasteiger partial charge >= 0.3 is 0 Å². The third-order valence-electron chi connectivity index (χ3n) is 4.14. The van der Waals surface area contributed by atoms with Gasteiger partial charge in [0.05, 0.1) is 11.7 Å². The van der Waals surface area contributed by atoms with Gasteiger partial charge in [0.1, 0.15) is 0 Å². The summed E-state index contributed by atoms with van der Waals surface area (Å²) in [5, 5.41) is 0.727. The van der Waals surface area contributed by atoms with Crippen molar-refractivity contribution in [2.45, 2.75) is 50.2 Å². The van der Waals surface area contributed by atoms with Crippen molar-refractivity contribution in [2.75, 3.05) is 11.8 Å². The summed E-state index contributed by atoms with van der Waals surface area (Å²) < 4.78 is 6.11. The summed E-state index contributed by atoms with van der Waals surface area (Å²) in [5.74, 6) is 0.969. The fourth-order valence-corrected chi connectivity index (χ4v) is 3.82. The topological polar surface area (TPSA) is 9.23 Å². The van der Waals surface area contributed by atoms with Crippen LogP contribution in [0.2, 0.25) is 5.02 Å². The van der Waals surface area contributed by atoms with Gasteiger partial charge in [-0.2, -0.15) is 0 Å². The first kappa shape index (κ1) is 16.4. The summed E-state index contributed by atoms with van der Waals surface area (Å²) in [7, 11) is 0. The summed E-state index contributed by atoms with van der Waals surface area (Å²) in [6, 6.07) is 7.83. The summed E-state index contributed by atoms with van der Waals surface area (Å²) in [6.45, 7) is 4.27. The molecule has 1 aliphatic heterocycles. The van der Waals surface area contributed by atoms with E-state index in [-0.39, 0.29) is 17.1 Å². The minimum atomic E-state index is -0.251. The van der Waals surface area contributed by atoms with Crippen LogP contribution in [-0.4, -0.2) is 23.5 Å². The van der Waals surface area contributed by atoms with Gasteiger partial charge in [-0.15, -0.1) is 23.2 Å². The molecule has 20 heavy (non-hydrogen) atoms. The van der Waals surface area contributed by atoms with E-state index in [9.17, 15) is 0 Å². The third kappa shape index (κ3) is 3.62. The van der Waals surface area contributed by atoms with Crippen LogP contribution in [-0.2, 0) is 10.2 Å². The van der Waals surface area contributed by atoms with Crippen LogP contribution in [0.15, 0.2) is 24.3 Å². The van der Waals surface area contributed by atoms with Gasteiger partial charge in [0.25, 0.3) is 0 Å². The van der Waals surface area contributed by atoms with E-state index >= 15 is 0 Å². The van der Waals surface area contributed by atoms with E-state index in [1.807, 2.05) is 24.3 Å². The second-order valence-corrected chi connectivity index (χ2v) is 7.27. The smallest absolute Gasteiger partial charge is 0.0631 e. The van der Waals surface area contributed by atoms with Crippen LogP contribution in [0.4, 0.5) is 0 Å². The van der Waals surface area contributed by atoms with E-state index in [0.717, 1.165) is 29.8 Å². The average Bonchev–Trinajstić information content (AvgIpc) is 2.76. The van der Waals surface area contributed by atoms with Crippen LogP contribution in [0.3, 0.4) is 0 Å². The number of rotatable bonds is 5. The summed E-state index contributed by atoms with van der Waals surface area (Å²) in [6.07, 6.45) is 3.22. The fourth-order valence-electron chi connectivity index (χ4n) is 2.88. The molecule has 0 spiro atoms. The Morgan fingerprint density at radius 1 is 1.20 bits per heavy atom. The Morgan fingerprint density at radius 3 is 2.25 bits per heavy atom. The minimum Gasteiger partial charge on any atom is -0.372 e. The summed E-state index contributed by atoms with van der Waals surface area (Å²) in [4.78, 5) is 0. The van der Waals surface area contributed by atoms with E-state index in [1.165, 1.54) is 0 Å². The normalized spacial score (nSPS) is 22.1. The zero-order valence-electron chi connectivity index (χ0n) is 12.0. The van der Waals surface area contributed by atoms with Crippen LogP contribution < -0.4 is 0 Å². The second-order valence-electron chi connectivity index (χ2n) is 6.30. The van der Waals surface area contributed by atoms with Gasteiger partial charge in [0, 0.05) is 22.2 Å². The molecule has 1 aliphatic rings. The van der Waals surface area contributed by atoms with E-state index in [1.54, 1.807) is 0 Å². The average molecular weight is 336 g/mol. The van der Waals surface area contributed by atoms with Crippen molar-refractivity contribution in [3.8, 4) is 0 Å². The van der Waals surface area contributed by atoms with Crippen molar-refractivity contribution < 1.29 is 4.74 Å². The largest absolute Gasteiger partial charge is 0.372 e. The van der Waals surface area contributed by atoms with Gasteiger partial charge in [-0.1, -0.05) is 23.7 Å². The molecule has 4 heteroatoms. The molecule has 0 saturated carbocycles. The molecule has 1 heterocycles. The lowest BCUT2D eigenvalue weighted by molar-refractivity contribution is -0.0250. The van der Waals surface area contributed by atoms with E-state index in [4.69, 9.17) is 39.5 Å². The van der Waals surface area contributed by atoms with Crippen molar-refractivity contribution in [3.63, 3.8) is 0 Å². The zero-order chi connectivity index (χ0) is 14.8. The molecule has 0 bridgehead atoms. The Hall–Kier alpha value is 0.0500. The van der Waals surface area contributed by atoms with Gasteiger partial charge in [-0.25, -0.2) is 0 Å².